The van der Waals surface area contributed by atoms with Gasteiger partial charge in [0.1, 0.15) is 0 Å². The first-order chi connectivity index (χ1) is 17.0. The Labute approximate surface area is 206 Å². The molecule has 0 aliphatic heterocycles. The highest BCUT2D eigenvalue weighted by Gasteiger charge is 2.23. The molecule has 0 atom stereocenters. The zero-order chi connectivity index (χ0) is 24.3. The highest BCUT2D eigenvalue weighted by molar-refractivity contribution is 7.88. The van der Waals surface area contributed by atoms with Gasteiger partial charge < -0.3 is 0 Å². The summed E-state index contributed by atoms with van der Waals surface area (Å²) in [5, 5.41) is 0.855. The third kappa shape index (κ3) is 5.16. The van der Waals surface area contributed by atoms with E-state index in [4.69, 9.17) is 4.98 Å². The van der Waals surface area contributed by atoms with Crippen LogP contribution in [0, 0.1) is 6.92 Å². The standard InChI is InChI=1S/C30H26N2O2S/c1-22-17-18-28-26(19-22)27(21-35(33,34)31-20-23-11-5-2-6-12-23)29(24-13-7-3-8-14-24)30(32-28)25-15-9-4-10-16-25/h2-19,31H,20-21H2,1H3. The number of fused-ring (bicyclic) bond motifs is 1. The Morgan fingerprint density at radius 1 is 0.743 bits per heavy atom. The minimum absolute atomic E-state index is 0.146. The first-order valence-electron chi connectivity index (χ1n) is 11.6. The van der Waals surface area contributed by atoms with Gasteiger partial charge in [-0.1, -0.05) is 103 Å². The number of rotatable bonds is 7. The Balaban J connectivity index is 1.71. The fourth-order valence-electron chi connectivity index (χ4n) is 4.34. The highest BCUT2D eigenvalue weighted by Crippen LogP contribution is 2.38. The number of aromatic nitrogens is 1. The number of aryl methyl sites for hydroxylation is 1. The molecule has 0 bridgehead atoms. The van der Waals surface area contributed by atoms with Gasteiger partial charge in [-0.15, -0.1) is 0 Å². The van der Waals surface area contributed by atoms with E-state index in [1.165, 1.54) is 0 Å². The minimum atomic E-state index is -3.64. The summed E-state index contributed by atoms with van der Waals surface area (Å²) < 4.78 is 29.6. The van der Waals surface area contributed by atoms with Crippen molar-refractivity contribution in [3.8, 4) is 22.4 Å². The van der Waals surface area contributed by atoms with Crippen molar-refractivity contribution in [3.05, 3.63) is 126 Å². The third-order valence-electron chi connectivity index (χ3n) is 6.03. The van der Waals surface area contributed by atoms with E-state index < -0.39 is 10.0 Å². The van der Waals surface area contributed by atoms with Gasteiger partial charge in [-0.2, -0.15) is 0 Å². The Morgan fingerprint density at radius 3 is 2.00 bits per heavy atom. The van der Waals surface area contributed by atoms with Crippen LogP contribution in [0.5, 0.6) is 0 Å². The molecular weight excluding hydrogens is 452 g/mol. The molecule has 1 aromatic heterocycles. The zero-order valence-corrected chi connectivity index (χ0v) is 20.3. The molecule has 0 saturated carbocycles. The van der Waals surface area contributed by atoms with Crippen LogP contribution in [0.4, 0.5) is 0 Å². The van der Waals surface area contributed by atoms with Gasteiger partial charge in [0.15, 0.2) is 0 Å². The van der Waals surface area contributed by atoms with Gasteiger partial charge in [0.2, 0.25) is 10.0 Å². The summed E-state index contributed by atoms with van der Waals surface area (Å²) in [5.74, 6) is -0.146. The molecule has 0 saturated heterocycles. The topological polar surface area (TPSA) is 59.1 Å². The van der Waals surface area contributed by atoms with Crippen molar-refractivity contribution in [3.63, 3.8) is 0 Å². The zero-order valence-electron chi connectivity index (χ0n) is 19.5. The molecule has 0 amide bonds. The second-order valence-electron chi connectivity index (χ2n) is 8.63. The largest absolute Gasteiger partial charge is 0.247 e. The van der Waals surface area contributed by atoms with Crippen LogP contribution in [0.1, 0.15) is 16.7 Å². The maximum absolute atomic E-state index is 13.4. The third-order valence-corrected chi connectivity index (χ3v) is 7.28. The summed E-state index contributed by atoms with van der Waals surface area (Å²) in [6.45, 7) is 2.26. The van der Waals surface area contributed by atoms with Gasteiger partial charge >= 0.3 is 0 Å². The fraction of sp³-hybridized carbons (Fsp3) is 0.100. The van der Waals surface area contributed by atoms with E-state index in [0.717, 1.165) is 50.0 Å². The molecule has 0 aliphatic carbocycles. The van der Waals surface area contributed by atoms with E-state index in [2.05, 4.69) is 4.72 Å². The first-order valence-corrected chi connectivity index (χ1v) is 13.2. The monoisotopic (exact) mass is 478 g/mol. The second kappa shape index (κ2) is 9.82. The van der Waals surface area contributed by atoms with E-state index in [-0.39, 0.29) is 12.3 Å². The predicted octanol–water partition coefficient (Wildman–Crippen LogP) is 6.50. The van der Waals surface area contributed by atoms with Crippen molar-refractivity contribution in [2.24, 2.45) is 0 Å². The lowest BCUT2D eigenvalue weighted by Gasteiger charge is -2.19. The summed E-state index contributed by atoms with van der Waals surface area (Å²) in [4.78, 5) is 5.03. The van der Waals surface area contributed by atoms with Crippen molar-refractivity contribution in [2.45, 2.75) is 19.2 Å². The van der Waals surface area contributed by atoms with Crippen molar-refractivity contribution in [2.75, 3.05) is 0 Å². The Hall–Kier alpha value is -3.80. The molecule has 0 spiro atoms. The molecule has 5 heteroatoms. The maximum Gasteiger partial charge on any atom is 0.216 e. The molecule has 0 radical (unpaired) electrons. The average molecular weight is 479 g/mol. The minimum Gasteiger partial charge on any atom is -0.247 e. The SMILES string of the molecule is Cc1ccc2nc(-c3ccccc3)c(-c3ccccc3)c(CS(=O)(=O)NCc3ccccc3)c2c1. The van der Waals surface area contributed by atoms with Crippen molar-refractivity contribution >= 4 is 20.9 Å². The fourth-order valence-corrected chi connectivity index (χ4v) is 5.51. The van der Waals surface area contributed by atoms with Crippen LogP contribution in [0.2, 0.25) is 0 Å². The van der Waals surface area contributed by atoms with Crippen molar-refractivity contribution < 1.29 is 8.42 Å². The summed E-state index contributed by atoms with van der Waals surface area (Å²) in [6.07, 6.45) is 0. The second-order valence-corrected chi connectivity index (χ2v) is 10.4. The molecule has 174 valence electrons. The molecule has 35 heavy (non-hydrogen) atoms. The molecule has 0 aliphatic rings. The molecule has 4 aromatic carbocycles. The smallest absolute Gasteiger partial charge is 0.216 e. The Bertz CT molecular complexity index is 1570. The molecule has 5 aromatic rings. The van der Waals surface area contributed by atoms with E-state index in [0.29, 0.717) is 0 Å². The van der Waals surface area contributed by atoms with Gasteiger partial charge in [-0.25, -0.2) is 18.1 Å². The lowest BCUT2D eigenvalue weighted by molar-refractivity contribution is 0.580. The van der Waals surface area contributed by atoms with Gasteiger partial charge in [-0.3, -0.25) is 0 Å². The number of sulfonamides is 1. The maximum atomic E-state index is 13.4. The van der Waals surface area contributed by atoms with Crippen LogP contribution in [0.3, 0.4) is 0 Å². The van der Waals surface area contributed by atoms with Crippen LogP contribution in [0.25, 0.3) is 33.3 Å². The number of benzene rings is 4. The molecule has 4 nitrogen and oxygen atoms in total. The Morgan fingerprint density at radius 2 is 1.34 bits per heavy atom. The normalized spacial score (nSPS) is 11.6. The van der Waals surface area contributed by atoms with E-state index in [1.807, 2.05) is 116 Å². The molecule has 1 heterocycles. The number of hydrogen-bond acceptors (Lipinski definition) is 3. The van der Waals surface area contributed by atoms with E-state index >= 15 is 0 Å². The van der Waals surface area contributed by atoms with Gasteiger partial charge in [0.25, 0.3) is 0 Å². The Kier molecular flexibility index (Phi) is 6.45. The summed E-state index contributed by atoms with van der Waals surface area (Å²) in [7, 11) is -3.64. The van der Waals surface area contributed by atoms with Crippen LogP contribution in [-0.2, 0) is 22.3 Å². The molecular formula is C30H26N2O2S. The summed E-state index contributed by atoms with van der Waals surface area (Å²) in [5.41, 5.74) is 7.02. The van der Waals surface area contributed by atoms with Gasteiger partial charge in [-0.05, 0) is 35.7 Å². The van der Waals surface area contributed by atoms with Crippen LogP contribution >= 0.6 is 0 Å². The lowest BCUT2D eigenvalue weighted by atomic mass is 9.92. The molecule has 0 unspecified atom stereocenters. The predicted molar refractivity (Wildman–Crippen MR) is 143 cm³/mol. The van der Waals surface area contributed by atoms with Crippen molar-refractivity contribution in [1.29, 1.82) is 0 Å². The van der Waals surface area contributed by atoms with Gasteiger partial charge in [0.05, 0.1) is 17.0 Å². The van der Waals surface area contributed by atoms with E-state index in [1.54, 1.807) is 0 Å². The van der Waals surface area contributed by atoms with Crippen LogP contribution < -0.4 is 4.72 Å². The van der Waals surface area contributed by atoms with Crippen molar-refractivity contribution in [1.82, 2.24) is 9.71 Å². The van der Waals surface area contributed by atoms with Crippen LogP contribution in [-0.4, -0.2) is 13.4 Å². The number of hydrogen-bond donors (Lipinski definition) is 1. The highest BCUT2D eigenvalue weighted by atomic mass is 32.2. The number of nitrogens with one attached hydrogen (secondary N) is 1. The van der Waals surface area contributed by atoms with Crippen LogP contribution in [0.15, 0.2) is 109 Å². The molecule has 5 rings (SSSR count). The lowest BCUT2D eigenvalue weighted by Crippen LogP contribution is -2.25. The average Bonchev–Trinajstić information content (AvgIpc) is 2.89. The number of nitrogens with zero attached hydrogens (tertiary/aromatic N) is 1. The molecule has 1 N–H and O–H groups in total. The number of pyridine rings is 1. The summed E-state index contributed by atoms with van der Waals surface area (Å²) >= 11 is 0. The first kappa shape index (κ1) is 23.0. The molecule has 0 fully saturated rings. The summed E-state index contributed by atoms with van der Waals surface area (Å²) in [6, 6.07) is 35.4. The van der Waals surface area contributed by atoms with E-state index in [9.17, 15) is 8.42 Å². The van der Waals surface area contributed by atoms with Gasteiger partial charge in [0, 0.05) is 23.1 Å². The quantitative estimate of drug-likeness (QED) is 0.291.